The van der Waals surface area contributed by atoms with E-state index in [1.165, 1.54) is 12.8 Å². The molecule has 0 aromatic carbocycles. The highest BCUT2D eigenvalue weighted by molar-refractivity contribution is 8.15. The summed E-state index contributed by atoms with van der Waals surface area (Å²) in [5.74, 6) is 6.33. The lowest BCUT2D eigenvalue weighted by atomic mass is 9.90. The van der Waals surface area contributed by atoms with E-state index >= 15 is 0 Å². The van der Waals surface area contributed by atoms with Gasteiger partial charge in [0, 0.05) is 18.6 Å². The van der Waals surface area contributed by atoms with Crippen molar-refractivity contribution in [3.05, 3.63) is 11.8 Å². The standard InChI is InChI=1S/C17H28N2O3S/c1-16(2,11-21-5)13-9-14(22-19-13)18-15(20)17(3,4)23(6)10-12-7-8-12/h9,12H,6-8,10-11H2,1-5H3,(H,18,20). The molecule has 1 aliphatic carbocycles. The molecule has 0 bridgehead atoms. The van der Waals surface area contributed by atoms with E-state index in [9.17, 15) is 4.79 Å². The average molecular weight is 340 g/mol. The van der Waals surface area contributed by atoms with Crippen molar-refractivity contribution in [2.24, 2.45) is 5.92 Å². The molecule has 1 atom stereocenters. The number of nitrogens with zero attached hydrogens (tertiary/aromatic N) is 1. The first-order valence-electron chi connectivity index (χ1n) is 7.95. The lowest BCUT2D eigenvalue weighted by molar-refractivity contribution is -0.117. The first kappa shape index (κ1) is 18.2. The minimum atomic E-state index is -0.516. The maximum Gasteiger partial charge on any atom is 0.241 e. The van der Waals surface area contributed by atoms with E-state index < -0.39 is 4.75 Å². The van der Waals surface area contributed by atoms with Crippen LogP contribution in [-0.2, 0) is 14.9 Å². The van der Waals surface area contributed by atoms with Gasteiger partial charge in [0.25, 0.3) is 0 Å². The highest BCUT2D eigenvalue weighted by atomic mass is 32.2. The number of nitrogens with one attached hydrogen (secondary N) is 1. The van der Waals surface area contributed by atoms with Gasteiger partial charge in [-0.2, -0.15) is 10.5 Å². The fourth-order valence-corrected chi connectivity index (χ4v) is 3.89. The van der Waals surface area contributed by atoms with Gasteiger partial charge in [0.15, 0.2) is 0 Å². The molecule has 1 aromatic rings. The third-order valence-electron chi connectivity index (χ3n) is 4.35. The van der Waals surface area contributed by atoms with Crippen LogP contribution in [0.25, 0.3) is 0 Å². The molecule has 0 aliphatic heterocycles. The number of hydrogen-bond donors (Lipinski definition) is 1. The van der Waals surface area contributed by atoms with Gasteiger partial charge >= 0.3 is 0 Å². The number of carbonyl (C=O) groups is 1. The van der Waals surface area contributed by atoms with Gasteiger partial charge in [-0.25, -0.2) is 0 Å². The molecule has 0 radical (unpaired) electrons. The number of aromatic nitrogens is 1. The highest BCUT2D eigenvalue weighted by Gasteiger charge is 2.34. The molecule has 1 unspecified atom stereocenters. The maximum absolute atomic E-state index is 12.6. The van der Waals surface area contributed by atoms with E-state index in [2.05, 4.69) is 16.3 Å². The second-order valence-electron chi connectivity index (χ2n) is 7.46. The summed E-state index contributed by atoms with van der Waals surface area (Å²) in [4.78, 5) is 12.6. The molecule has 1 fully saturated rings. The number of carbonyl (C=O) groups excluding carboxylic acids is 1. The van der Waals surface area contributed by atoms with Crippen molar-refractivity contribution in [3.8, 4) is 0 Å². The number of rotatable bonds is 8. The summed E-state index contributed by atoms with van der Waals surface area (Å²) in [6, 6.07) is 1.77. The molecule has 6 heteroatoms. The summed E-state index contributed by atoms with van der Waals surface area (Å²) in [6.07, 6.45) is 2.55. The minimum absolute atomic E-state index is 0.0660. The van der Waals surface area contributed by atoms with Gasteiger partial charge in [-0.05, 0) is 38.4 Å². The Morgan fingerprint density at radius 1 is 1.48 bits per heavy atom. The van der Waals surface area contributed by atoms with Crippen molar-refractivity contribution in [3.63, 3.8) is 0 Å². The SMILES string of the molecule is C=S(CC1CC1)C(C)(C)C(=O)Nc1cc(C(C)(C)COC)no1. The quantitative estimate of drug-likeness (QED) is 0.736. The second-order valence-corrected chi connectivity index (χ2v) is 9.80. The molecule has 0 spiro atoms. The highest BCUT2D eigenvalue weighted by Crippen LogP contribution is 2.41. The van der Waals surface area contributed by atoms with Crippen LogP contribution in [-0.4, -0.2) is 41.2 Å². The summed E-state index contributed by atoms with van der Waals surface area (Å²) in [5, 5.41) is 6.91. The fraction of sp³-hybridized carbons (Fsp3) is 0.706. The van der Waals surface area contributed by atoms with E-state index in [0.29, 0.717) is 12.5 Å². The van der Waals surface area contributed by atoms with Crippen LogP contribution in [0.3, 0.4) is 0 Å². The van der Waals surface area contributed by atoms with E-state index in [-0.39, 0.29) is 21.8 Å². The Balaban J connectivity index is 2.02. The number of methoxy groups -OCH3 is 1. The van der Waals surface area contributed by atoms with Crippen LogP contribution >= 0.6 is 10.5 Å². The van der Waals surface area contributed by atoms with Crippen molar-refractivity contribution in [1.29, 1.82) is 0 Å². The smallest absolute Gasteiger partial charge is 0.241 e. The summed E-state index contributed by atoms with van der Waals surface area (Å²) in [5.41, 5.74) is 0.498. The molecule has 1 amide bonds. The minimum Gasteiger partial charge on any atom is -0.384 e. The number of ether oxygens (including phenoxy) is 1. The molecular formula is C17H28N2O3S. The lowest BCUT2D eigenvalue weighted by Gasteiger charge is -2.26. The molecule has 1 aliphatic rings. The van der Waals surface area contributed by atoms with Gasteiger partial charge in [0.05, 0.1) is 17.0 Å². The number of amides is 1. The molecule has 130 valence electrons. The van der Waals surface area contributed by atoms with Gasteiger partial charge in [-0.3, -0.25) is 10.1 Å². The second kappa shape index (κ2) is 6.77. The Hall–Kier alpha value is -1.14. The zero-order valence-corrected chi connectivity index (χ0v) is 15.6. The predicted octanol–water partition coefficient (Wildman–Crippen LogP) is 3.43. The average Bonchev–Trinajstić information content (AvgIpc) is 3.13. The van der Waals surface area contributed by atoms with Crippen molar-refractivity contribution in [2.45, 2.75) is 50.7 Å². The van der Waals surface area contributed by atoms with Gasteiger partial charge in [0.2, 0.25) is 11.8 Å². The lowest BCUT2D eigenvalue weighted by Crippen LogP contribution is -2.36. The first-order valence-corrected chi connectivity index (χ1v) is 9.51. The van der Waals surface area contributed by atoms with Crippen LogP contribution in [0.5, 0.6) is 0 Å². The largest absolute Gasteiger partial charge is 0.384 e. The third kappa shape index (κ3) is 4.44. The normalized spacial score (nSPS) is 17.1. The molecular weight excluding hydrogens is 312 g/mol. The molecule has 1 N–H and O–H groups in total. The van der Waals surface area contributed by atoms with Crippen molar-refractivity contribution in [2.75, 3.05) is 24.8 Å². The van der Waals surface area contributed by atoms with Crippen LogP contribution < -0.4 is 5.32 Å². The molecule has 1 aromatic heterocycles. The molecule has 1 heterocycles. The predicted molar refractivity (Wildman–Crippen MR) is 96.4 cm³/mol. The monoisotopic (exact) mass is 340 g/mol. The van der Waals surface area contributed by atoms with E-state index in [1.54, 1.807) is 13.2 Å². The first-order chi connectivity index (χ1) is 10.7. The van der Waals surface area contributed by atoms with Gasteiger partial charge in [0.1, 0.15) is 0 Å². The molecule has 1 saturated carbocycles. The Morgan fingerprint density at radius 3 is 2.70 bits per heavy atom. The van der Waals surface area contributed by atoms with Crippen molar-refractivity contribution < 1.29 is 14.1 Å². The summed E-state index contributed by atoms with van der Waals surface area (Å²) in [7, 11) is 1.45. The van der Waals surface area contributed by atoms with Crippen LogP contribution in [0.2, 0.25) is 0 Å². The number of hydrogen-bond acceptors (Lipinski definition) is 4. The molecule has 2 rings (SSSR count). The van der Waals surface area contributed by atoms with Gasteiger partial charge < -0.3 is 9.26 Å². The summed E-state index contributed by atoms with van der Waals surface area (Å²) in [6.45, 7) is 8.47. The maximum atomic E-state index is 12.6. The zero-order valence-electron chi connectivity index (χ0n) is 14.8. The van der Waals surface area contributed by atoms with E-state index in [4.69, 9.17) is 9.26 Å². The van der Waals surface area contributed by atoms with Crippen LogP contribution in [0.1, 0.15) is 46.2 Å². The topological polar surface area (TPSA) is 64.4 Å². The Bertz CT molecular complexity index is 588. The van der Waals surface area contributed by atoms with Crippen LogP contribution in [0.15, 0.2) is 10.6 Å². The van der Waals surface area contributed by atoms with E-state index in [1.807, 2.05) is 27.7 Å². The number of anilines is 1. The van der Waals surface area contributed by atoms with Crippen molar-refractivity contribution in [1.82, 2.24) is 5.16 Å². The Labute approximate surface area is 141 Å². The van der Waals surface area contributed by atoms with Gasteiger partial charge in [-0.1, -0.05) is 24.9 Å². The zero-order chi connectivity index (χ0) is 17.3. The molecule has 5 nitrogen and oxygen atoms in total. The van der Waals surface area contributed by atoms with Crippen LogP contribution in [0.4, 0.5) is 5.88 Å². The fourth-order valence-electron chi connectivity index (χ4n) is 2.26. The summed E-state index contributed by atoms with van der Waals surface area (Å²) < 4.78 is 9.97. The molecule has 23 heavy (non-hydrogen) atoms. The summed E-state index contributed by atoms with van der Waals surface area (Å²) >= 11 is 0. The van der Waals surface area contributed by atoms with Crippen LogP contribution in [0, 0.1) is 5.92 Å². The molecule has 0 saturated heterocycles. The van der Waals surface area contributed by atoms with E-state index in [0.717, 1.165) is 17.4 Å². The van der Waals surface area contributed by atoms with Gasteiger partial charge in [-0.15, -0.1) is 0 Å². The Morgan fingerprint density at radius 2 is 2.13 bits per heavy atom. The van der Waals surface area contributed by atoms with Crippen molar-refractivity contribution >= 4 is 28.1 Å². The Kier molecular flexibility index (Phi) is 5.36. The third-order valence-corrected chi connectivity index (χ3v) is 6.85.